The average Bonchev–Trinajstić information content (AvgIpc) is 2.63. The third-order valence-corrected chi connectivity index (χ3v) is 3.34. The van der Waals surface area contributed by atoms with Crippen molar-refractivity contribution in [3.8, 4) is 12.3 Å². The molecule has 0 bridgehead atoms. The van der Waals surface area contributed by atoms with E-state index in [2.05, 4.69) is 5.92 Å². The number of carbonyl (C=O) groups is 1. The molecular formula is C16H15FO. The zero-order valence-corrected chi connectivity index (χ0v) is 10.1. The number of rotatable bonds is 2. The van der Waals surface area contributed by atoms with Crippen LogP contribution in [-0.4, -0.2) is 12.0 Å². The van der Waals surface area contributed by atoms with Gasteiger partial charge in [0, 0.05) is 11.5 Å². The van der Waals surface area contributed by atoms with Crippen molar-refractivity contribution < 1.29 is 9.18 Å². The number of terminal acetylenes is 1. The van der Waals surface area contributed by atoms with Gasteiger partial charge in [0.15, 0.2) is 0 Å². The zero-order valence-electron chi connectivity index (χ0n) is 10.1. The number of ketones is 1. The predicted molar refractivity (Wildman–Crippen MR) is 70.2 cm³/mol. The molecule has 2 heteroatoms. The minimum atomic E-state index is -0.849. The lowest BCUT2D eigenvalue weighted by Gasteiger charge is -2.18. The highest BCUT2D eigenvalue weighted by Crippen LogP contribution is 2.31. The Labute approximate surface area is 107 Å². The summed E-state index contributed by atoms with van der Waals surface area (Å²) in [5.74, 6) is 1.66. The Hall–Kier alpha value is -1.88. The molecule has 92 valence electrons. The van der Waals surface area contributed by atoms with E-state index in [1.54, 1.807) is 12.1 Å². The highest BCUT2D eigenvalue weighted by Gasteiger charge is 2.23. The van der Waals surface area contributed by atoms with Gasteiger partial charge in [-0.15, -0.1) is 6.42 Å². The van der Waals surface area contributed by atoms with Crippen LogP contribution in [0.25, 0.3) is 0 Å². The van der Waals surface area contributed by atoms with Gasteiger partial charge in [-0.05, 0) is 30.7 Å². The molecule has 18 heavy (non-hydrogen) atoms. The van der Waals surface area contributed by atoms with E-state index >= 15 is 0 Å². The Balaban J connectivity index is 2.19. The molecule has 0 spiro atoms. The summed E-state index contributed by atoms with van der Waals surface area (Å²) in [4.78, 5) is 11.3. The summed E-state index contributed by atoms with van der Waals surface area (Å²) in [6, 6.07) is 6.99. The summed E-state index contributed by atoms with van der Waals surface area (Å²) in [6.45, 7) is 0. The van der Waals surface area contributed by atoms with Crippen LogP contribution in [0.3, 0.4) is 0 Å². The second-order valence-electron chi connectivity index (χ2n) is 4.50. The fraction of sp³-hybridized carbons (Fsp3) is 0.312. The van der Waals surface area contributed by atoms with Crippen LogP contribution in [0.4, 0.5) is 4.39 Å². The maximum absolute atomic E-state index is 14.0. The number of halogens is 1. The SMILES string of the molecule is C#CC(=O)c1ccc(C2CCC=CCC2F)cc1. The van der Waals surface area contributed by atoms with Crippen LogP contribution in [0, 0.1) is 12.3 Å². The zero-order chi connectivity index (χ0) is 13.0. The fourth-order valence-corrected chi connectivity index (χ4v) is 2.31. The van der Waals surface area contributed by atoms with Gasteiger partial charge >= 0.3 is 0 Å². The number of Topliss-reactive ketones (excluding diaryl/α,β-unsaturated/α-hetero) is 1. The Morgan fingerprint density at radius 2 is 2.00 bits per heavy atom. The summed E-state index contributed by atoms with van der Waals surface area (Å²) in [7, 11) is 0. The van der Waals surface area contributed by atoms with Gasteiger partial charge < -0.3 is 0 Å². The highest BCUT2D eigenvalue weighted by molar-refractivity contribution is 6.08. The van der Waals surface area contributed by atoms with Crippen molar-refractivity contribution in [1.82, 2.24) is 0 Å². The van der Waals surface area contributed by atoms with Gasteiger partial charge in [0.05, 0.1) is 0 Å². The number of alkyl halides is 1. The molecule has 1 aliphatic carbocycles. The minimum absolute atomic E-state index is 0.0880. The third-order valence-electron chi connectivity index (χ3n) is 3.34. The van der Waals surface area contributed by atoms with E-state index in [1.165, 1.54) is 0 Å². The molecule has 1 aromatic carbocycles. The van der Waals surface area contributed by atoms with Gasteiger partial charge in [-0.1, -0.05) is 36.4 Å². The molecule has 1 aliphatic rings. The topological polar surface area (TPSA) is 17.1 Å². The van der Waals surface area contributed by atoms with Gasteiger partial charge in [0.2, 0.25) is 5.78 Å². The van der Waals surface area contributed by atoms with Gasteiger partial charge in [-0.25, -0.2) is 4.39 Å². The van der Waals surface area contributed by atoms with Gasteiger partial charge in [-0.3, -0.25) is 4.79 Å². The Bertz CT molecular complexity index is 493. The van der Waals surface area contributed by atoms with Crippen LogP contribution < -0.4 is 0 Å². The second kappa shape index (κ2) is 5.64. The van der Waals surface area contributed by atoms with Crippen LogP contribution in [0.15, 0.2) is 36.4 Å². The predicted octanol–water partition coefficient (Wildman–Crippen LogP) is 3.66. The standard InChI is InChI=1S/C16H15FO/c1-2-16(18)13-10-8-12(9-11-13)14-6-4-3-5-7-15(14)17/h1,3,5,8-11,14-15H,4,6-7H2. The maximum atomic E-state index is 14.0. The molecule has 0 aromatic heterocycles. The first-order valence-corrected chi connectivity index (χ1v) is 6.12. The van der Waals surface area contributed by atoms with E-state index in [-0.39, 0.29) is 11.7 Å². The molecule has 0 radical (unpaired) electrons. The molecule has 0 saturated carbocycles. The summed E-state index contributed by atoms with van der Waals surface area (Å²) < 4.78 is 14.0. The summed E-state index contributed by atoms with van der Waals surface area (Å²) in [5.41, 5.74) is 1.43. The van der Waals surface area contributed by atoms with Crippen LogP contribution in [-0.2, 0) is 0 Å². The van der Waals surface area contributed by atoms with Crippen molar-refractivity contribution in [2.45, 2.75) is 31.4 Å². The highest BCUT2D eigenvalue weighted by atomic mass is 19.1. The molecule has 0 amide bonds. The molecule has 0 N–H and O–H groups in total. The van der Waals surface area contributed by atoms with Crippen LogP contribution in [0.1, 0.15) is 41.1 Å². The summed E-state index contributed by atoms with van der Waals surface area (Å²) in [5, 5.41) is 0. The van der Waals surface area contributed by atoms with E-state index in [0.717, 1.165) is 18.4 Å². The van der Waals surface area contributed by atoms with Crippen molar-refractivity contribution >= 4 is 5.78 Å². The van der Waals surface area contributed by atoms with E-state index in [1.807, 2.05) is 24.3 Å². The third kappa shape index (κ3) is 2.68. The largest absolute Gasteiger partial charge is 0.279 e. The number of carbonyl (C=O) groups excluding carboxylic acids is 1. The number of benzene rings is 1. The first kappa shape index (κ1) is 12.6. The first-order valence-electron chi connectivity index (χ1n) is 6.12. The molecule has 2 atom stereocenters. The van der Waals surface area contributed by atoms with Crippen LogP contribution in [0.2, 0.25) is 0 Å². The smallest absolute Gasteiger partial charge is 0.235 e. The van der Waals surface area contributed by atoms with Crippen molar-refractivity contribution in [3.63, 3.8) is 0 Å². The van der Waals surface area contributed by atoms with Gasteiger partial charge in [0.25, 0.3) is 0 Å². The van der Waals surface area contributed by atoms with E-state index in [4.69, 9.17) is 6.42 Å². The number of hydrogen-bond acceptors (Lipinski definition) is 1. The quantitative estimate of drug-likeness (QED) is 0.335. The van der Waals surface area contributed by atoms with E-state index < -0.39 is 6.17 Å². The van der Waals surface area contributed by atoms with Crippen LogP contribution >= 0.6 is 0 Å². The summed E-state index contributed by atoms with van der Waals surface area (Å²) in [6.07, 6.45) is 10.3. The van der Waals surface area contributed by atoms with Gasteiger partial charge in [-0.2, -0.15) is 0 Å². The van der Waals surface area contributed by atoms with Gasteiger partial charge in [0.1, 0.15) is 6.17 Å². The molecule has 0 saturated heterocycles. The number of hydrogen-bond donors (Lipinski definition) is 0. The summed E-state index contributed by atoms with van der Waals surface area (Å²) >= 11 is 0. The lowest BCUT2D eigenvalue weighted by Crippen LogP contribution is -2.12. The number of allylic oxidation sites excluding steroid dienone is 2. The van der Waals surface area contributed by atoms with Crippen molar-refractivity contribution in [2.75, 3.05) is 0 Å². The first-order chi connectivity index (χ1) is 8.72. The minimum Gasteiger partial charge on any atom is -0.279 e. The molecule has 1 aromatic rings. The Kier molecular flexibility index (Phi) is 3.94. The molecule has 2 unspecified atom stereocenters. The molecule has 0 aliphatic heterocycles. The molecular weight excluding hydrogens is 227 g/mol. The van der Waals surface area contributed by atoms with E-state index in [0.29, 0.717) is 12.0 Å². The molecule has 1 nitrogen and oxygen atoms in total. The lowest BCUT2D eigenvalue weighted by molar-refractivity contribution is 0.105. The van der Waals surface area contributed by atoms with Crippen LogP contribution in [0.5, 0.6) is 0 Å². The lowest BCUT2D eigenvalue weighted by atomic mass is 9.89. The molecule has 0 heterocycles. The van der Waals surface area contributed by atoms with Crippen molar-refractivity contribution in [3.05, 3.63) is 47.5 Å². The molecule has 0 fully saturated rings. The normalized spacial score (nSPS) is 23.1. The Morgan fingerprint density at radius 3 is 2.67 bits per heavy atom. The fourth-order valence-electron chi connectivity index (χ4n) is 2.31. The average molecular weight is 242 g/mol. The maximum Gasteiger partial charge on any atom is 0.235 e. The van der Waals surface area contributed by atoms with E-state index in [9.17, 15) is 9.18 Å². The second-order valence-corrected chi connectivity index (χ2v) is 4.50. The monoisotopic (exact) mass is 242 g/mol. The Morgan fingerprint density at radius 1 is 1.28 bits per heavy atom. The van der Waals surface area contributed by atoms with Crippen molar-refractivity contribution in [1.29, 1.82) is 0 Å². The molecule has 2 rings (SSSR count). The van der Waals surface area contributed by atoms with Crippen molar-refractivity contribution in [2.24, 2.45) is 0 Å².